The van der Waals surface area contributed by atoms with Gasteiger partial charge in [0.2, 0.25) is 10.0 Å². The van der Waals surface area contributed by atoms with Crippen LogP contribution in [0.25, 0.3) is 0 Å². The van der Waals surface area contributed by atoms with Crippen molar-refractivity contribution in [1.82, 2.24) is 10.6 Å². The third kappa shape index (κ3) is 6.20. The van der Waals surface area contributed by atoms with Gasteiger partial charge in [-0.05, 0) is 61.7 Å². The highest BCUT2D eigenvalue weighted by Gasteiger charge is 2.19. The Morgan fingerprint density at radius 1 is 1.17 bits per heavy atom. The summed E-state index contributed by atoms with van der Waals surface area (Å²) in [6.45, 7) is 1.78. The fourth-order valence-corrected chi connectivity index (χ4v) is 4.67. The number of benzene rings is 2. The molecule has 3 rings (SSSR count). The Labute approximate surface area is 183 Å². The van der Waals surface area contributed by atoms with Crippen molar-refractivity contribution < 1.29 is 13.2 Å². The molecule has 162 valence electrons. The highest BCUT2D eigenvalue weighted by Crippen LogP contribution is 2.24. The summed E-state index contributed by atoms with van der Waals surface area (Å²) >= 11 is 6.20. The van der Waals surface area contributed by atoms with E-state index in [0.717, 1.165) is 25.6 Å². The summed E-state index contributed by atoms with van der Waals surface area (Å²) in [5.74, 6) is -0.158. The first-order valence-corrected chi connectivity index (χ1v) is 12.4. The van der Waals surface area contributed by atoms with Gasteiger partial charge >= 0.3 is 0 Å². The number of nitrogens with one attached hydrogen (secondary N) is 2. The maximum absolute atomic E-state index is 12.4. The summed E-state index contributed by atoms with van der Waals surface area (Å²) in [7, 11) is -3.53. The SMILES string of the molecule is CS(=O)(=O)N(Cc1ccccc1Cl)c1ccc(C(=O)NCCC2CCCCN2)cc1. The number of nitrogens with zero attached hydrogens (tertiary/aromatic N) is 1. The zero-order valence-corrected chi connectivity index (χ0v) is 18.7. The smallest absolute Gasteiger partial charge is 0.251 e. The molecule has 0 aromatic heterocycles. The Hall–Kier alpha value is -2.09. The van der Waals surface area contributed by atoms with Crippen LogP contribution >= 0.6 is 11.6 Å². The van der Waals surface area contributed by atoms with Crippen LogP contribution in [0.3, 0.4) is 0 Å². The van der Waals surface area contributed by atoms with E-state index >= 15 is 0 Å². The number of amides is 1. The Morgan fingerprint density at radius 3 is 2.53 bits per heavy atom. The number of rotatable bonds is 8. The first kappa shape index (κ1) is 22.6. The lowest BCUT2D eigenvalue weighted by Crippen LogP contribution is -2.37. The molecule has 0 radical (unpaired) electrons. The second-order valence-corrected chi connectivity index (χ2v) is 9.91. The van der Waals surface area contributed by atoms with Crippen molar-refractivity contribution in [3.05, 3.63) is 64.7 Å². The summed E-state index contributed by atoms with van der Waals surface area (Å²) in [6.07, 6.45) is 5.67. The molecule has 1 heterocycles. The van der Waals surface area contributed by atoms with Crippen LogP contribution in [0, 0.1) is 0 Å². The molecule has 30 heavy (non-hydrogen) atoms. The topological polar surface area (TPSA) is 78.5 Å². The molecule has 1 atom stereocenters. The van der Waals surface area contributed by atoms with Crippen LogP contribution in [0.2, 0.25) is 5.02 Å². The van der Waals surface area contributed by atoms with E-state index in [1.54, 1.807) is 42.5 Å². The Kier molecular flexibility index (Phi) is 7.75. The van der Waals surface area contributed by atoms with Gasteiger partial charge in [-0.3, -0.25) is 9.10 Å². The fraction of sp³-hybridized carbons (Fsp3) is 0.409. The second-order valence-electron chi connectivity index (χ2n) is 7.60. The van der Waals surface area contributed by atoms with Gasteiger partial charge in [0.05, 0.1) is 18.5 Å². The quantitative estimate of drug-likeness (QED) is 0.645. The van der Waals surface area contributed by atoms with Gasteiger partial charge in [-0.1, -0.05) is 36.2 Å². The number of hydrogen-bond donors (Lipinski definition) is 2. The van der Waals surface area contributed by atoms with E-state index in [4.69, 9.17) is 11.6 Å². The largest absolute Gasteiger partial charge is 0.352 e. The van der Waals surface area contributed by atoms with Crippen LogP contribution in [-0.2, 0) is 16.6 Å². The average Bonchev–Trinajstić information content (AvgIpc) is 2.73. The molecule has 0 bridgehead atoms. The lowest BCUT2D eigenvalue weighted by molar-refractivity contribution is 0.0951. The maximum Gasteiger partial charge on any atom is 0.251 e. The summed E-state index contributed by atoms with van der Waals surface area (Å²) in [5, 5.41) is 6.92. The molecular formula is C22H28ClN3O3S. The van der Waals surface area contributed by atoms with Crippen LogP contribution in [0.15, 0.2) is 48.5 Å². The van der Waals surface area contributed by atoms with Gasteiger partial charge in [0, 0.05) is 23.2 Å². The standard InChI is InChI=1S/C22H28ClN3O3S/c1-30(28,29)26(16-18-6-2-3-8-21(18)23)20-11-9-17(10-12-20)22(27)25-15-13-19-7-4-5-14-24-19/h2-3,6,8-12,19,24H,4-5,7,13-16H2,1H3,(H,25,27). The number of halogens is 1. The number of sulfonamides is 1. The molecule has 2 N–H and O–H groups in total. The summed E-state index contributed by atoms with van der Waals surface area (Å²) in [6, 6.07) is 14.2. The minimum atomic E-state index is -3.53. The number of carbonyl (C=O) groups is 1. The summed E-state index contributed by atoms with van der Waals surface area (Å²) in [4.78, 5) is 12.4. The predicted molar refractivity (Wildman–Crippen MR) is 122 cm³/mol. The summed E-state index contributed by atoms with van der Waals surface area (Å²) < 4.78 is 26.0. The van der Waals surface area contributed by atoms with Crippen molar-refractivity contribution in [3.63, 3.8) is 0 Å². The fourth-order valence-electron chi connectivity index (χ4n) is 3.59. The van der Waals surface area contributed by atoms with E-state index in [0.29, 0.717) is 34.4 Å². The van der Waals surface area contributed by atoms with Crippen LogP contribution in [0.1, 0.15) is 41.6 Å². The zero-order valence-electron chi connectivity index (χ0n) is 17.1. The van der Waals surface area contributed by atoms with E-state index in [1.165, 1.54) is 17.1 Å². The normalized spacial score (nSPS) is 16.8. The highest BCUT2D eigenvalue weighted by atomic mass is 35.5. The van der Waals surface area contributed by atoms with E-state index in [1.807, 2.05) is 6.07 Å². The van der Waals surface area contributed by atoms with Crippen molar-refractivity contribution in [2.45, 2.75) is 38.3 Å². The van der Waals surface area contributed by atoms with Crippen LogP contribution in [0.4, 0.5) is 5.69 Å². The molecule has 6 nitrogen and oxygen atoms in total. The Bertz CT molecular complexity index is 958. The average molecular weight is 450 g/mol. The molecule has 1 unspecified atom stereocenters. The minimum absolute atomic E-state index is 0.123. The van der Waals surface area contributed by atoms with Crippen molar-refractivity contribution in [2.75, 3.05) is 23.7 Å². The van der Waals surface area contributed by atoms with Gasteiger partial charge in [-0.2, -0.15) is 0 Å². The predicted octanol–water partition coefficient (Wildman–Crippen LogP) is 3.57. The Balaban J connectivity index is 1.64. The summed E-state index contributed by atoms with van der Waals surface area (Å²) in [5.41, 5.74) is 1.70. The maximum atomic E-state index is 12.4. The van der Waals surface area contributed by atoms with Crippen LogP contribution in [-0.4, -0.2) is 39.7 Å². The molecule has 0 saturated carbocycles. The first-order valence-electron chi connectivity index (χ1n) is 10.2. The zero-order chi connectivity index (χ0) is 21.6. The van der Waals surface area contributed by atoms with Gasteiger partial charge in [0.15, 0.2) is 0 Å². The van der Waals surface area contributed by atoms with E-state index in [9.17, 15) is 13.2 Å². The molecule has 2 aromatic rings. The monoisotopic (exact) mass is 449 g/mol. The van der Waals surface area contributed by atoms with E-state index < -0.39 is 10.0 Å². The third-order valence-corrected chi connectivity index (χ3v) is 6.79. The lowest BCUT2D eigenvalue weighted by atomic mass is 10.0. The second kappa shape index (κ2) is 10.3. The van der Waals surface area contributed by atoms with Gasteiger partial charge in [0.25, 0.3) is 5.91 Å². The third-order valence-electron chi connectivity index (χ3n) is 5.28. The Morgan fingerprint density at radius 2 is 1.90 bits per heavy atom. The molecule has 8 heteroatoms. The van der Waals surface area contributed by atoms with Crippen molar-refractivity contribution in [1.29, 1.82) is 0 Å². The molecule has 1 amide bonds. The first-order chi connectivity index (χ1) is 14.3. The minimum Gasteiger partial charge on any atom is -0.352 e. The van der Waals surface area contributed by atoms with Crippen molar-refractivity contribution >= 4 is 33.2 Å². The van der Waals surface area contributed by atoms with E-state index in [-0.39, 0.29) is 12.5 Å². The molecule has 1 aliphatic heterocycles. The lowest BCUT2D eigenvalue weighted by Gasteiger charge is -2.24. The molecule has 1 saturated heterocycles. The van der Waals surface area contributed by atoms with E-state index in [2.05, 4.69) is 10.6 Å². The highest BCUT2D eigenvalue weighted by molar-refractivity contribution is 7.92. The molecule has 0 spiro atoms. The number of anilines is 1. The number of carbonyl (C=O) groups excluding carboxylic acids is 1. The number of hydrogen-bond acceptors (Lipinski definition) is 4. The van der Waals surface area contributed by atoms with Gasteiger partial charge in [0.1, 0.15) is 0 Å². The molecule has 1 fully saturated rings. The van der Waals surface area contributed by atoms with Crippen molar-refractivity contribution in [2.24, 2.45) is 0 Å². The molecular weight excluding hydrogens is 422 g/mol. The van der Waals surface area contributed by atoms with Gasteiger partial charge < -0.3 is 10.6 Å². The van der Waals surface area contributed by atoms with Crippen LogP contribution in [0.5, 0.6) is 0 Å². The molecule has 0 aliphatic carbocycles. The molecule has 1 aliphatic rings. The van der Waals surface area contributed by atoms with Crippen molar-refractivity contribution in [3.8, 4) is 0 Å². The number of piperidine rings is 1. The van der Waals surface area contributed by atoms with Gasteiger partial charge in [-0.25, -0.2) is 8.42 Å². The molecule has 2 aromatic carbocycles. The van der Waals surface area contributed by atoms with Gasteiger partial charge in [-0.15, -0.1) is 0 Å². The van der Waals surface area contributed by atoms with Crippen LogP contribution < -0.4 is 14.9 Å².